The maximum absolute atomic E-state index is 10.4. The Morgan fingerprint density at radius 1 is 1.67 bits per heavy atom. The second kappa shape index (κ2) is 4.94. The Kier molecular flexibility index (Phi) is 3.61. The maximum atomic E-state index is 10.4. The number of benzene rings is 1. The van der Waals surface area contributed by atoms with Crippen molar-refractivity contribution in [3.05, 3.63) is 50.4 Å². The Morgan fingerprint density at radius 2 is 2.40 bits per heavy atom. The van der Waals surface area contributed by atoms with Crippen LogP contribution in [0.25, 0.3) is 10.4 Å². The van der Waals surface area contributed by atoms with Gasteiger partial charge in [-0.2, -0.15) is 0 Å². The molecule has 7 heteroatoms. The number of azide groups is 1. The third-order valence-electron chi connectivity index (χ3n) is 1.78. The molecule has 0 aliphatic carbocycles. The predicted molar refractivity (Wildman–Crippen MR) is 52.1 cm³/mol. The summed E-state index contributed by atoms with van der Waals surface area (Å²) in [5.41, 5.74) is 8.30. The molecule has 0 spiro atoms. The zero-order chi connectivity index (χ0) is 11.3. The molecule has 1 N–H and O–H groups in total. The van der Waals surface area contributed by atoms with Crippen molar-refractivity contribution in [1.82, 2.24) is 0 Å². The lowest BCUT2D eigenvalue weighted by molar-refractivity contribution is -0.385. The number of aliphatic hydroxyl groups excluding tert-OH is 1. The molecule has 1 rings (SSSR count). The molecule has 1 aromatic rings. The monoisotopic (exact) mass is 208 g/mol. The second-order valence-corrected chi connectivity index (χ2v) is 2.78. The van der Waals surface area contributed by atoms with E-state index in [1.54, 1.807) is 0 Å². The van der Waals surface area contributed by atoms with Gasteiger partial charge in [-0.1, -0.05) is 17.2 Å². The van der Waals surface area contributed by atoms with Gasteiger partial charge in [-0.05, 0) is 11.1 Å². The smallest absolute Gasteiger partial charge is 0.269 e. The van der Waals surface area contributed by atoms with Crippen molar-refractivity contribution in [2.24, 2.45) is 5.11 Å². The van der Waals surface area contributed by atoms with E-state index in [1.165, 1.54) is 24.3 Å². The number of hydrogen-bond acceptors (Lipinski definition) is 4. The van der Waals surface area contributed by atoms with Crippen LogP contribution < -0.4 is 0 Å². The topological polar surface area (TPSA) is 112 Å². The Hall–Kier alpha value is -2.11. The summed E-state index contributed by atoms with van der Waals surface area (Å²) in [4.78, 5) is 12.4. The molecule has 15 heavy (non-hydrogen) atoms. The van der Waals surface area contributed by atoms with Gasteiger partial charge in [-0.3, -0.25) is 10.1 Å². The molecule has 1 aromatic carbocycles. The van der Waals surface area contributed by atoms with E-state index in [-0.39, 0.29) is 12.2 Å². The fraction of sp³-hybridized carbons (Fsp3) is 0.250. The number of nitrogens with zero attached hydrogens (tertiary/aromatic N) is 4. The van der Waals surface area contributed by atoms with Crippen LogP contribution in [0.1, 0.15) is 11.7 Å². The zero-order valence-corrected chi connectivity index (χ0v) is 7.65. The third kappa shape index (κ3) is 2.94. The van der Waals surface area contributed by atoms with Gasteiger partial charge >= 0.3 is 0 Å². The summed E-state index contributed by atoms with van der Waals surface area (Å²) >= 11 is 0. The van der Waals surface area contributed by atoms with Gasteiger partial charge in [-0.25, -0.2) is 0 Å². The van der Waals surface area contributed by atoms with Gasteiger partial charge < -0.3 is 5.11 Å². The van der Waals surface area contributed by atoms with Crippen molar-refractivity contribution in [3.8, 4) is 0 Å². The van der Waals surface area contributed by atoms with E-state index in [4.69, 9.17) is 5.53 Å². The summed E-state index contributed by atoms with van der Waals surface area (Å²) in [6, 6.07) is 5.57. The molecular weight excluding hydrogens is 200 g/mol. The van der Waals surface area contributed by atoms with Gasteiger partial charge in [0.2, 0.25) is 0 Å². The molecule has 0 aliphatic heterocycles. The molecule has 1 atom stereocenters. The predicted octanol–water partition coefficient (Wildman–Crippen LogP) is 1.94. The van der Waals surface area contributed by atoms with Gasteiger partial charge in [0, 0.05) is 17.0 Å². The minimum atomic E-state index is -1.01. The lowest BCUT2D eigenvalue weighted by atomic mass is 10.1. The van der Waals surface area contributed by atoms with Crippen LogP contribution in [-0.2, 0) is 0 Å². The minimum Gasteiger partial charge on any atom is -0.388 e. The van der Waals surface area contributed by atoms with Crippen molar-refractivity contribution in [1.29, 1.82) is 0 Å². The van der Waals surface area contributed by atoms with Crippen molar-refractivity contribution < 1.29 is 10.0 Å². The molecule has 0 aromatic heterocycles. The molecule has 0 saturated carbocycles. The molecule has 0 radical (unpaired) electrons. The van der Waals surface area contributed by atoms with Crippen molar-refractivity contribution in [2.45, 2.75) is 6.10 Å². The van der Waals surface area contributed by atoms with Gasteiger partial charge in [0.15, 0.2) is 0 Å². The standard InChI is InChI=1S/C8H8N4O3/c9-11-10-5-8(13)6-2-1-3-7(4-6)12(14)15/h1-4,8,13H,5H2/t8-/m1/s1. The Bertz CT molecular complexity index is 414. The Balaban J connectivity index is 2.89. The SMILES string of the molecule is [N-]=[N+]=NC[C@@H](O)c1cccc([N+](=O)[O-])c1. The highest BCUT2D eigenvalue weighted by Crippen LogP contribution is 2.19. The van der Waals surface area contributed by atoms with Gasteiger partial charge in [0.25, 0.3) is 5.69 Å². The number of non-ortho nitro benzene ring substituents is 1. The van der Waals surface area contributed by atoms with Crippen LogP contribution in [0.2, 0.25) is 0 Å². The number of nitro benzene ring substituents is 1. The zero-order valence-electron chi connectivity index (χ0n) is 7.65. The molecule has 0 amide bonds. The Labute approximate surface area is 84.7 Å². The molecule has 0 unspecified atom stereocenters. The van der Waals surface area contributed by atoms with Gasteiger partial charge in [-0.15, -0.1) is 0 Å². The fourth-order valence-electron chi connectivity index (χ4n) is 1.06. The van der Waals surface area contributed by atoms with Crippen LogP contribution in [0.5, 0.6) is 0 Å². The summed E-state index contributed by atoms with van der Waals surface area (Å²) < 4.78 is 0. The first-order valence-corrected chi connectivity index (χ1v) is 4.08. The average Bonchev–Trinajstić information content (AvgIpc) is 2.26. The van der Waals surface area contributed by atoms with Crippen LogP contribution >= 0.6 is 0 Å². The summed E-state index contributed by atoms with van der Waals surface area (Å²) in [5, 5.41) is 23.1. The van der Waals surface area contributed by atoms with Crippen molar-refractivity contribution in [2.75, 3.05) is 6.54 Å². The summed E-state index contributed by atoms with van der Waals surface area (Å²) in [6.45, 7) is -0.141. The van der Waals surface area contributed by atoms with Crippen molar-refractivity contribution >= 4 is 5.69 Å². The molecule has 7 nitrogen and oxygen atoms in total. The second-order valence-electron chi connectivity index (χ2n) is 2.78. The van der Waals surface area contributed by atoms with E-state index < -0.39 is 11.0 Å². The van der Waals surface area contributed by atoms with E-state index in [0.29, 0.717) is 5.56 Å². The first-order chi connectivity index (χ1) is 7.15. The van der Waals surface area contributed by atoms with Crippen LogP contribution in [0.15, 0.2) is 29.4 Å². The fourth-order valence-corrected chi connectivity index (χ4v) is 1.06. The molecule has 78 valence electrons. The molecule has 0 fully saturated rings. The first kappa shape index (κ1) is 11.0. The highest BCUT2D eigenvalue weighted by atomic mass is 16.6. The van der Waals surface area contributed by atoms with Gasteiger partial charge in [0.05, 0.1) is 17.6 Å². The van der Waals surface area contributed by atoms with E-state index in [2.05, 4.69) is 10.0 Å². The lowest BCUT2D eigenvalue weighted by Crippen LogP contribution is -2.01. The van der Waals surface area contributed by atoms with Crippen LogP contribution in [0.3, 0.4) is 0 Å². The number of hydrogen-bond donors (Lipinski definition) is 1. The summed E-state index contributed by atoms with van der Waals surface area (Å²) in [6.07, 6.45) is -1.01. The van der Waals surface area contributed by atoms with E-state index in [0.717, 1.165) is 0 Å². The summed E-state index contributed by atoms with van der Waals surface area (Å²) in [7, 11) is 0. The largest absolute Gasteiger partial charge is 0.388 e. The van der Waals surface area contributed by atoms with E-state index in [9.17, 15) is 15.2 Å². The minimum absolute atomic E-state index is 0.104. The molecule has 0 bridgehead atoms. The number of aliphatic hydroxyl groups is 1. The highest BCUT2D eigenvalue weighted by molar-refractivity contribution is 5.35. The summed E-state index contributed by atoms with van der Waals surface area (Å²) in [5.74, 6) is 0. The molecule has 0 aliphatic rings. The first-order valence-electron chi connectivity index (χ1n) is 4.08. The van der Waals surface area contributed by atoms with Crippen LogP contribution in [-0.4, -0.2) is 16.6 Å². The van der Waals surface area contributed by atoms with Crippen LogP contribution in [0.4, 0.5) is 5.69 Å². The molecule has 0 saturated heterocycles. The number of nitro groups is 1. The molecule has 0 heterocycles. The van der Waals surface area contributed by atoms with E-state index in [1.807, 2.05) is 0 Å². The lowest BCUT2D eigenvalue weighted by Gasteiger charge is -2.06. The van der Waals surface area contributed by atoms with Crippen LogP contribution in [0, 0.1) is 10.1 Å². The quantitative estimate of drug-likeness (QED) is 0.268. The number of rotatable bonds is 4. The molecular formula is C8H8N4O3. The average molecular weight is 208 g/mol. The maximum Gasteiger partial charge on any atom is 0.269 e. The normalized spacial score (nSPS) is 11.5. The van der Waals surface area contributed by atoms with Crippen molar-refractivity contribution in [3.63, 3.8) is 0 Å². The van der Waals surface area contributed by atoms with E-state index >= 15 is 0 Å². The third-order valence-corrected chi connectivity index (χ3v) is 1.78. The highest BCUT2D eigenvalue weighted by Gasteiger charge is 2.11. The van der Waals surface area contributed by atoms with Gasteiger partial charge in [0.1, 0.15) is 0 Å². The Morgan fingerprint density at radius 3 is 3.00 bits per heavy atom.